The van der Waals surface area contributed by atoms with Crippen LogP contribution in [0.1, 0.15) is 45.4 Å². The zero-order chi connectivity index (χ0) is 17.9. The molecule has 0 aliphatic carbocycles. The van der Waals surface area contributed by atoms with Gasteiger partial charge in [-0.25, -0.2) is 4.79 Å². The maximum Gasteiger partial charge on any atom is 0.410 e. The Bertz CT molecular complexity index is 679. The van der Waals surface area contributed by atoms with E-state index in [1.807, 2.05) is 50.0 Å². The Hall–Kier alpha value is -2.44. The van der Waals surface area contributed by atoms with Gasteiger partial charge < -0.3 is 19.4 Å². The summed E-state index contributed by atoms with van der Waals surface area (Å²) >= 11 is 0. The topological polar surface area (TPSA) is 72.5 Å². The van der Waals surface area contributed by atoms with Gasteiger partial charge in [0.15, 0.2) is 0 Å². The van der Waals surface area contributed by atoms with Crippen molar-refractivity contribution in [2.45, 2.75) is 51.8 Å². The Morgan fingerprint density at radius 1 is 1.40 bits per heavy atom. The fourth-order valence-electron chi connectivity index (χ4n) is 2.87. The number of hydrogen-bond donors (Lipinski definition) is 1. The van der Waals surface area contributed by atoms with Crippen molar-refractivity contribution >= 4 is 11.8 Å². The minimum atomic E-state index is -0.454. The van der Waals surface area contributed by atoms with Crippen LogP contribution < -0.4 is 5.32 Å². The van der Waals surface area contributed by atoms with Crippen LogP contribution in [0.2, 0.25) is 0 Å². The summed E-state index contributed by atoms with van der Waals surface area (Å²) in [7, 11) is 0. The molecule has 3 heterocycles. The molecule has 2 aromatic rings. The molecule has 1 fully saturated rings. The van der Waals surface area contributed by atoms with E-state index in [-0.39, 0.29) is 6.09 Å². The van der Waals surface area contributed by atoms with E-state index in [2.05, 4.69) is 10.4 Å². The van der Waals surface area contributed by atoms with E-state index >= 15 is 0 Å². The summed E-state index contributed by atoms with van der Waals surface area (Å²) in [5.74, 6) is 0.887. The van der Waals surface area contributed by atoms with Crippen molar-refractivity contribution in [3.63, 3.8) is 0 Å². The fourth-order valence-corrected chi connectivity index (χ4v) is 2.87. The molecule has 7 heteroatoms. The van der Waals surface area contributed by atoms with E-state index in [1.165, 1.54) is 0 Å². The molecule has 1 N–H and O–H groups in total. The van der Waals surface area contributed by atoms with Crippen LogP contribution in [0.4, 0.5) is 10.5 Å². The van der Waals surface area contributed by atoms with Crippen LogP contribution in [0.15, 0.2) is 35.2 Å². The average molecular weight is 346 g/mol. The molecule has 3 rings (SSSR count). The molecule has 2 aromatic heterocycles. The number of rotatable bonds is 4. The number of hydrogen-bond acceptors (Lipinski definition) is 5. The molecule has 0 atom stereocenters. The zero-order valence-corrected chi connectivity index (χ0v) is 15.1. The van der Waals surface area contributed by atoms with E-state index < -0.39 is 5.60 Å². The van der Waals surface area contributed by atoms with Gasteiger partial charge in [-0.2, -0.15) is 5.10 Å². The van der Waals surface area contributed by atoms with Crippen molar-refractivity contribution in [2.24, 2.45) is 0 Å². The van der Waals surface area contributed by atoms with Gasteiger partial charge in [-0.1, -0.05) is 0 Å². The number of anilines is 1. The monoisotopic (exact) mass is 346 g/mol. The molecule has 1 aliphatic rings. The molecule has 1 amide bonds. The van der Waals surface area contributed by atoms with Gasteiger partial charge in [-0.05, 0) is 45.7 Å². The van der Waals surface area contributed by atoms with E-state index in [1.54, 1.807) is 11.2 Å². The average Bonchev–Trinajstić information content (AvgIpc) is 3.23. The predicted molar refractivity (Wildman–Crippen MR) is 94.3 cm³/mol. The van der Waals surface area contributed by atoms with Gasteiger partial charge in [-0.3, -0.25) is 4.68 Å². The highest BCUT2D eigenvalue weighted by Crippen LogP contribution is 2.24. The first-order chi connectivity index (χ1) is 11.9. The fraction of sp³-hybridized carbons (Fsp3) is 0.556. The third-order valence-electron chi connectivity index (χ3n) is 4.14. The first-order valence-corrected chi connectivity index (χ1v) is 8.69. The molecule has 0 unspecified atom stereocenters. The first-order valence-electron chi connectivity index (χ1n) is 8.69. The molecule has 0 radical (unpaired) electrons. The molecular formula is C18H26N4O3. The normalized spacial score (nSPS) is 16.0. The van der Waals surface area contributed by atoms with Gasteiger partial charge in [0.05, 0.1) is 30.7 Å². The van der Waals surface area contributed by atoms with E-state index in [0.29, 0.717) is 25.7 Å². The zero-order valence-electron chi connectivity index (χ0n) is 15.1. The van der Waals surface area contributed by atoms with Crippen LogP contribution in [0.25, 0.3) is 0 Å². The number of piperidine rings is 1. The molecule has 0 spiro atoms. The summed E-state index contributed by atoms with van der Waals surface area (Å²) in [6, 6.07) is 4.11. The Balaban J connectivity index is 1.49. The van der Waals surface area contributed by atoms with Gasteiger partial charge in [0.1, 0.15) is 11.4 Å². The molecule has 7 nitrogen and oxygen atoms in total. The lowest BCUT2D eigenvalue weighted by molar-refractivity contribution is 0.0185. The number of nitrogens with zero attached hydrogens (tertiary/aromatic N) is 3. The highest BCUT2D eigenvalue weighted by Gasteiger charge is 2.27. The van der Waals surface area contributed by atoms with Crippen LogP contribution in [0.5, 0.6) is 0 Å². The summed E-state index contributed by atoms with van der Waals surface area (Å²) in [6.07, 6.45) is 7.02. The highest BCUT2D eigenvalue weighted by molar-refractivity contribution is 5.68. The lowest BCUT2D eigenvalue weighted by Crippen LogP contribution is -2.42. The van der Waals surface area contributed by atoms with Crippen molar-refractivity contribution in [3.8, 4) is 0 Å². The number of aromatic nitrogens is 2. The largest absolute Gasteiger partial charge is 0.467 e. The van der Waals surface area contributed by atoms with Crippen molar-refractivity contribution in [2.75, 3.05) is 18.4 Å². The van der Waals surface area contributed by atoms with Crippen molar-refractivity contribution in [1.82, 2.24) is 14.7 Å². The van der Waals surface area contributed by atoms with Crippen LogP contribution in [0, 0.1) is 0 Å². The van der Waals surface area contributed by atoms with E-state index in [4.69, 9.17) is 9.15 Å². The van der Waals surface area contributed by atoms with Gasteiger partial charge in [0.25, 0.3) is 0 Å². The highest BCUT2D eigenvalue weighted by atomic mass is 16.6. The second kappa shape index (κ2) is 7.21. The Labute approximate surface area is 147 Å². The maximum atomic E-state index is 12.1. The number of likely N-dealkylation sites (tertiary alicyclic amines) is 1. The molecule has 1 saturated heterocycles. The Morgan fingerprint density at radius 3 is 2.80 bits per heavy atom. The standard InChI is InChI=1S/C18H26N4O3/c1-18(2,3)25-17(23)21-8-6-15(7-9-21)22-13-14(11-20-22)19-12-16-5-4-10-24-16/h4-5,10-11,13,15,19H,6-9,12H2,1-3H3. The lowest BCUT2D eigenvalue weighted by atomic mass is 10.1. The summed E-state index contributed by atoms with van der Waals surface area (Å²) in [5, 5.41) is 7.76. The van der Waals surface area contributed by atoms with Crippen molar-refractivity contribution in [1.29, 1.82) is 0 Å². The lowest BCUT2D eigenvalue weighted by Gasteiger charge is -2.33. The number of ether oxygens (including phenoxy) is 1. The summed E-state index contributed by atoms with van der Waals surface area (Å²) < 4.78 is 12.7. The molecule has 136 valence electrons. The minimum absolute atomic E-state index is 0.229. The van der Waals surface area contributed by atoms with Gasteiger partial charge in [0, 0.05) is 19.3 Å². The number of amides is 1. The SMILES string of the molecule is CC(C)(C)OC(=O)N1CCC(n2cc(NCc3ccco3)cn2)CC1. The third kappa shape index (κ3) is 4.78. The van der Waals surface area contributed by atoms with Gasteiger partial charge >= 0.3 is 6.09 Å². The van der Waals surface area contributed by atoms with Gasteiger partial charge in [-0.15, -0.1) is 0 Å². The predicted octanol–water partition coefficient (Wildman–Crippen LogP) is 3.66. The second-order valence-corrected chi connectivity index (χ2v) is 7.34. The number of nitrogens with one attached hydrogen (secondary N) is 1. The minimum Gasteiger partial charge on any atom is -0.467 e. The van der Waals surface area contributed by atoms with Crippen LogP contribution in [0.3, 0.4) is 0 Å². The summed E-state index contributed by atoms with van der Waals surface area (Å²) in [6.45, 7) is 7.68. The van der Waals surface area contributed by atoms with Crippen LogP contribution in [-0.4, -0.2) is 39.5 Å². The molecule has 0 bridgehead atoms. The smallest absolute Gasteiger partial charge is 0.410 e. The molecule has 1 aliphatic heterocycles. The van der Waals surface area contributed by atoms with Crippen molar-refractivity contribution < 1.29 is 13.9 Å². The molecule has 0 aromatic carbocycles. The number of carbonyl (C=O) groups excluding carboxylic acids is 1. The summed E-state index contributed by atoms with van der Waals surface area (Å²) in [4.78, 5) is 13.9. The Kier molecular flexibility index (Phi) is 5.01. The maximum absolute atomic E-state index is 12.1. The molecule has 25 heavy (non-hydrogen) atoms. The molecular weight excluding hydrogens is 320 g/mol. The first kappa shape index (κ1) is 17.4. The second-order valence-electron chi connectivity index (χ2n) is 7.34. The number of furan rings is 1. The quantitative estimate of drug-likeness (QED) is 0.914. The van der Waals surface area contributed by atoms with Crippen LogP contribution in [-0.2, 0) is 11.3 Å². The van der Waals surface area contributed by atoms with Gasteiger partial charge in [0.2, 0.25) is 0 Å². The van der Waals surface area contributed by atoms with Crippen LogP contribution >= 0.6 is 0 Å². The third-order valence-corrected chi connectivity index (χ3v) is 4.14. The molecule has 0 saturated carbocycles. The Morgan fingerprint density at radius 2 is 2.16 bits per heavy atom. The van der Waals surface area contributed by atoms with Crippen molar-refractivity contribution in [3.05, 3.63) is 36.5 Å². The summed E-state index contributed by atoms with van der Waals surface area (Å²) in [5.41, 5.74) is 0.510. The van der Waals surface area contributed by atoms with E-state index in [0.717, 1.165) is 24.3 Å². The number of carbonyl (C=O) groups is 1. The van der Waals surface area contributed by atoms with E-state index in [9.17, 15) is 4.79 Å².